The second-order valence-electron chi connectivity index (χ2n) is 5.58. The zero-order chi connectivity index (χ0) is 11.4. The van der Waals surface area contributed by atoms with Gasteiger partial charge >= 0.3 is 0 Å². The van der Waals surface area contributed by atoms with Crippen LogP contribution in [0, 0.1) is 5.92 Å². The van der Waals surface area contributed by atoms with E-state index in [1.807, 2.05) is 0 Å². The molecule has 3 unspecified atom stereocenters. The maximum Gasteiger partial charge on any atom is 0.0561 e. The van der Waals surface area contributed by atoms with Crippen molar-refractivity contribution in [1.29, 1.82) is 0 Å². The van der Waals surface area contributed by atoms with Gasteiger partial charge < -0.3 is 15.0 Å². The van der Waals surface area contributed by atoms with Gasteiger partial charge in [-0.1, -0.05) is 0 Å². The second kappa shape index (κ2) is 5.99. The van der Waals surface area contributed by atoms with Crippen LogP contribution in [0.5, 0.6) is 0 Å². The number of hydrogen-bond donors (Lipinski definition) is 1. The van der Waals surface area contributed by atoms with Crippen LogP contribution in [0.1, 0.15) is 32.6 Å². The van der Waals surface area contributed by atoms with Crippen molar-refractivity contribution in [2.24, 2.45) is 5.92 Å². The Hall–Kier alpha value is -0.120. The van der Waals surface area contributed by atoms with Crippen LogP contribution in [0.15, 0.2) is 0 Å². The van der Waals surface area contributed by atoms with Crippen molar-refractivity contribution in [2.45, 2.75) is 44.8 Å². The van der Waals surface area contributed by atoms with Crippen LogP contribution in [0.3, 0.4) is 0 Å². The Kier molecular flexibility index (Phi) is 4.62. The molecule has 2 heterocycles. The molecule has 0 saturated carbocycles. The van der Waals surface area contributed by atoms with E-state index in [9.17, 15) is 0 Å². The molecular formula is C13H26N2O. The normalized spacial score (nSPS) is 37.5. The highest BCUT2D eigenvalue weighted by atomic mass is 16.5. The second-order valence-corrected chi connectivity index (χ2v) is 5.58. The lowest BCUT2D eigenvalue weighted by atomic mass is 9.97. The van der Waals surface area contributed by atoms with Gasteiger partial charge in [0.1, 0.15) is 0 Å². The molecule has 16 heavy (non-hydrogen) atoms. The molecule has 3 heteroatoms. The molecule has 2 saturated heterocycles. The molecule has 2 aliphatic heterocycles. The highest BCUT2D eigenvalue weighted by Gasteiger charge is 2.21. The number of likely N-dealkylation sites (tertiary alicyclic amines) is 1. The first-order valence-electron chi connectivity index (χ1n) is 6.77. The van der Waals surface area contributed by atoms with Crippen LogP contribution < -0.4 is 5.32 Å². The van der Waals surface area contributed by atoms with Crippen molar-refractivity contribution in [3.63, 3.8) is 0 Å². The summed E-state index contributed by atoms with van der Waals surface area (Å²) in [5.74, 6) is 0.858. The average Bonchev–Trinajstić information content (AvgIpc) is 2.27. The molecule has 0 aromatic heterocycles. The highest BCUT2D eigenvalue weighted by Crippen LogP contribution is 2.17. The third-order valence-corrected chi connectivity index (χ3v) is 3.90. The zero-order valence-corrected chi connectivity index (χ0v) is 10.7. The summed E-state index contributed by atoms with van der Waals surface area (Å²) in [6.07, 6.45) is 5.58. The van der Waals surface area contributed by atoms with E-state index in [0.29, 0.717) is 12.1 Å². The van der Waals surface area contributed by atoms with Gasteiger partial charge in [0.05, 0.1) is 6.10 Å². The highest BCUT2D eigenvalue weighted by molar-refractivity contribution is 4.78. The summed E-state index contributed by atoms with van der Waals surface area (Å²) < 4.78 is 5.57. The first kappa shape index (κ1) is 12.3. The lowest BCUT2D eigenvalue weighted by molar-refractivity contribution is 0.0121. The maximum atomic E-state index is 5.57. The van der Waals surface area contributed by atoms with E-state index in [0.717, 1.165) is 12.5 Å². The van der Waals surface area contributed by atoms with Crippen molar-refractivity contribution in [2.75, 3.05) is 33.3 Å². The summed E-state index contributed by atoms with van der Waals surface area (Å²) in [6.45, 7) is 6.87. The van der Waals surface area contributed by atoms with Gasteiger partial charge in [0, 0.05) is 19.2 Å². The molecule has 3 nitrogen and oxygen atoms in total. The van der Waals surface area contributed by atoms with E-state index in [-0.39, 0.29) is 0 Å². The predicted molar refractivity (Wildman–Crippen MR) is 66.7 cm³/mol. The molecule has 1 N–H and O–H groups in total. The monoisotopic (exact) mass is 226 g/mol. The molecule has 2 rings (SSSR count). The number of hydrogen-bond acceptors (Lipinski definition) is 3. The third kappa shape index (κ3) is 3.72. The van der Waals surface area contributed by atoms with Crippen molar-refractivity contribution in [3.8, 4) is 0 Å². The number of rotatable bonds is 3. The minimum atomic E-state index is 0.445. The minimum absolute atomic E-state index is 0.445. The third-order valence-electron chi connectivity index (χ3n) is 3.90. The molecule has 0 aliphatic carbocycles. The number of nitrogens with one attached hydrogen (secondary N) is 1. The summed E-state index contributed by atoms with van der Waals surface area (Å²) >= 11 is 0. The standard InChI is InChI=1S/C13H26N2O/c1-11-8-13(5-7-16-11)14-9-12-4-3-6-15(2)10-12/h11-14H,3-10H2,1-2H3. The van der Waals surface area contributed by atoms with Gasteiger partial charge in [-0.25, -0.2) is 0 Å². The zero-order valence-electron chi connectivity index (χ0n) is 10.7. The Bertz CT molecular complexity index is 188. The summed E-state index contributed by atoms with van der Waals surface area (Å²) in [5.41, 5.74) is 0. The molecule has 2 aliphatic rings. The van der Waals surface area contributed by atoms with Gasteiger partial charge in [0.15, 0.2) is 0 Å². The largest absolute Gasteiger partial charge is 0.378 e. The fourth-order valence-electron chi connectivity index (χ4n) is 2.96. The van der Waals surface area contributed by atoms with Gasteiger partial charge in [-0.15, -0.1) is 0 Å². The molecule has 0 spiro atoms. The van der Waals surface area contributed by atoms with Gasteiger partial charge in [-0.2, -0.15) is 0 Å². The molecular weight excluding hydrogens is 200 g/mol. The maximum absolute atomic E-state index is 5.57. The molecule has 0 bridgehead atoms. The smallest absolute Gasteiger partial charge is 0.0561 e. The van der Waals surface area contributed by atoms with Crippen molar-refractivity contribution in [3.05, 3.63) is 0 Å². The van der Waals surface area contributed by atoms with E-state index in [1.165, 1.54) is 45.3 Å². The average molecular weight is 226 g/mol. The van der Waals surface area contributed by atoms with Crippen molar-refractivity contribution < 1.29 is 4.74 Å². The van der Waals surface area contributed by atoms with Crippen LogP contribution in [0.4, 0.5) is 0 Å². The van der Waals surface area contributed by atoms with E-state index >= 15 is 0 Å². The Balaban J connectivity index is 1.66. The van der Waals surface area contributed by atoms with Crippen LogP contribution in [-0.4, -0.2) is 50.3 Å². The Morgan fingerprint density at radius 1 is 1.38 bits per heavy atom. The summed E-state index contributed by atoms with van der Waals surface area (Å²) in [4.78, 5) is 2.46. The van der Waals surface area contributed by atoms with Crippen LogP contribution >= 0.6 is 0 Å². The number of piperidine rings is 1. The molecule has 94 valence electrons. The predicted octanol–water partition coefficient (Wildman–Crippen LogP) is 1.49. The number of nitrogens with zero attached hydrogens (tertiary/aromatic N) is 1. The van der Waals surface area contributed by atoms with Gasteiger partial charge in [-0.05, 0) is 58.7 Å². The van der Waals surface area contributed by atoms with Crippen molar-refractivity contribution >= 4 is 0 Å². The van der Waals surface area contributed by atoms with E-state index in [2.05, 4.69) is 24.2 Å². The van der Waals surface area contributed by atoms with E-state index in [4.69, 9.17) is 4.74 Å². The lowest BCUT2D eigenvalue weighted by Gasteiger charge is -2.33. The quantitative estimate of drug-likeness (QED) is 0.789. The minimum Gasteiger partial charge on any atom is -0.378 e. The molecule has 0 amide bonds. The molecule has 3 atom stereocenters. The molecule has 0 aromatic carbocycles. The molecule has 0 aromatic rings. The first-order chi connectivity index (χ1) is 7.74. The number of ether oxygens (including phenoxy) is 1. The molecule has 0 radical (unpaired) electrons. The Morgan fingerprint density at radius 2 is 2.25 bits per heavy atom. The van der Waals surface area contributed by atoms with Crippen LogP contribution in [0.2, 0.25) is 0 Å². The fraction of sp³-hybridized carbons (Fsp3) is 1.00. The van der Waals surface area contributed by atoms with Crippen molar-refractivity contribution in [1.82, 2.24) is 10.2 Å². The summed E-state index contributed by atoms with van der Waals surface area (Å²) in [5, 5.41) is 3.74. The first-order valence-corrected chi connectivity index (χ1v) is 6.77. The van der Waals surface area contributed by atoms with Gasteiger partial charge in [-0.3, -0.25) is 0 Å². The summed E-state index contributed by atoms with van der Waals surface area (Å²) in [6, 6.07) is 0.691. The van der Waals surface area contributed by atoms with Gasteiger partial charge in [0.2, 0.25) is 0 Å². The summed E-state index contributed by atoms with van der Waals surface area (Å²) in [7, 11) is 2.24. The lowest BCUT2D eigenvalue weighted by Crippen LogP contribution is -2.43. The Morgan fingerprint density at radius 3 is 3.00 bits per heavy atom. The van der Waals surface area contributed by atoms with Crippen LogP contribution in [0.25, 0.3) is 0 Å². The fourth-order valence-corrected chi connectivity index (χ4v) is 2.96. The van der Waals surface area contributed by atoms with E-state index < -0.39 is 0 Å². The van der Waals surface area contributed by atoms with Crippen LogP contribution in [-0.2, 0) is 4.74 Å². The topological polar surface area (TPSA) is 24.5 Å². The van der Waals surface area contributed by atoms with Gasteiger partial charge in [0.25, 0.3) is 0 Å². The Labute approximate surface area is 99.5 Å². The van der Waals surface area contributed by atoms with E-state index in [1.54, 1.807) is 0 Å². The molecule has 2 fully saturated rings. The SMILES string of the molecule is CC1CC(NCC2CCCN(C)C2)CCO1.